The zero-order valence-electron chi connectivity index (χ0n) is 48.2. The van der Waals surface area contributed by atoms with Crippen LogP contribution in [0.5, 0.6) is 0 Å². The third-order valence-electron chi connectivity index (χ3n) is 14.9. The van der Waals surface area contributed by atoms with Crippen molar-refractivity contribution in [2.45, 2.75) is 312 Å². The molecule has 0 radical (unpaired) electrons. The molecule has 2 rings (SSSR count). The second-order valence-corrected chi connectivity index (χ2v) is 21.8. The van der Waals surface area contributed by atoms with Gasteiger partial charge in [-0.15, -0.1) is 0 Å². The highest BCUT2D eigenvalue weighted by Gasteiger charge is 2.51. The lowest BCUT2D eigenvalue weighted by Crippen LogP contribution is -2.65. The summed E-state index contributed by atoms with van der Waals surface area (Å²) in [5.41, 5.74) is 0. The van der Waals surface area contributed by atoms with Gasteiger partial charge in [-0.25, -0.2) is 0 Å². The van der Waals surface area contributed by atoms with Crippen LogP contribution in [0.15, 0.2) is 60.8 Å². The maximum atomic E-state index is 13.3. The van der Waals surface area contributed by atoms with Crippen molar-refractivity contribution in [1.82, 2.24) is 5.32 Å². The minimum Gasteiger partial charge on any atom is -0.394 e. The summed E-state index contributed by atoms with van der Waals surface area (Å²) in [6, 6.07) is -0.943. The molecule has 12 unspecified atom stereocenters. The van der Waals surface area contributed by atoms with E-state index in [-0.39, 0.29) is 18.9 Å². The minimum absolute atomic E-state index is 0.258. The molecule has 12 atom stereocenters. The Kier molecular flexibility index (Phi) is 44.5. The van der Waals surface area contributed by atoms with Crippen molar-refractivity contribution in [1.29, 1.82) is 0 Å². The highest BCUT2D eigenvalue weighted by atomic mass is 16.7. The van der Waals surface area contributed by atoms with E-state index in [4.69, 9.17) is 18.9 Å². The van der Waals surface area contributed by atoms with Crippen LogP contribution in [0.25, 0.3) is 0 Å². The van der Waals surface area contributed by atoms with Gasteiger partial charge in [0.15, 0.2) is 12.6 Å². The van der Waals surface area contributed by atoms with Crippen molar-refractivity contribution in [2.75, 3.05) is 19.8 Å². The number of hydrogen-bond acceptors (Lipinski definition) is 13. The Labute approximate surface area is 466 Å². The highest BCUT2D eigenvalue weighted by molar-refractivity contribution is 5.76. The van der Waals surface area contributed by atoms with Gasteiger partial charge in [0.05, 0.1) is 32.0 Å². The van der Waals surface area contributed by atoms with Crippen molar-refractivity contribution in [3.05, 3.63) is 60.8 Å². The molecule has 0 aliphatic carbocycles. The van der Waals surface area contributed by atoms with Gasteiger partial charge in [0, 0.05) is 6.42 Å². The van der Waals surface area contributed by atoms with Crippen LogP contribution in [0.3, 0.4) is 0 Å². The Hall–Kier alpha value is -2.31. The van der Waals surface area contributed by atoms with E-state index < -0.39 is 86.8 Å². The smallest absolute Gasteiger partial charge is 0.220 e. The van der Waals surface area contributed by atoms with Gasteiger partial charge in [0.1, 0.15) is 48.8 Å². The lowest BCUT2D eigenvalue weighted by Gasteiger charge is -2.46. The van der Waals surface area contributed by atoms with E-state index in [1.165, 1.54) is 148 Å². The Bertz CT molecular complexity index is 1520. The number of ether oxygens (including phenoxy) is 4. The SMILES string of the molecule is CCCCC/C=C\C/C=C\CCCCCCCCCCCC(=O)NC(COC1OC(CO)C(OC2OC(CO)C(O)C(O)C2O)C(O)C1O)C(O)/C=C/CC/C=C/CC/C=C/CCCCCCCCCCCCCCCC. The number of hydrogen-bond donors (Lipinski definition) is 9. The molecule has 0 saturated carbocycles. The van der Waals surface area contributed by atoms with Gasteiger partial charge in [-0.2, -0.15) is 0 Å². The van der Waals surface area contributed by atoms with Crippen molar-refractivity contribution in [3.8, 4) is 0 Å². The molecule has 14 nitrogen and oxygen atoms in total. The van der Waals surface area contributed by atoms with Crippen molar-refractivity contribution in [3.63, 3.8) is 0 Å². The van der Waals surface area contributed by atoms with Crippen LogP contribution in [-0.2, 0) is 23.7 Å². The fourth-order valence-corrected chi connectivity index (χ4v) is 9.88. The summed E-state index contributed by atoms with van der Waals surface area (Å²) in [6.07, 6.45) is 45.4. The lowest BCUT2D eigenvalue weighted by molar-refractivity contribution is -0.359. The summed E-state index contributed by atoms with van der Waals surface area (Å²) in [7, 11) is 0. The molecule has 2 fully saturated rings. The molecule has 0 aromatic carbocycles. The van der Waals surface area contributed by atoms with E-state index in [1.807, 2.05) is 6.08 Å². The number of allylic oxidation sites excluding steroid dienone is 9. The molecule has 2 aliphatic rings. The van der Waals surface area contributed by atoms with Crippen LogP contribution in [0.1, 0.15) is 239 Å². The molecule has 0 aromatic heterocycles. The standard InChI is InChI=1S/C63H113NO13/c1-3-5-7-9-11-13-15-17-19-21-23-24-25-26-27-29-30-32-34-36-38-40-42-44-46-52(67)51(64-55(68)47-45-43-41-39-37-35-33-31-28-22-20-18-16-14-12-10-8-6-4-2)50-74-62-60(73)58(71)61(54(49-66)76-62)77-63-59(72)57(70)56(69)53(48-65)75-63/h12,14,18,20,29-30,36,38,44,46,51-54,56-63,65-67,69-73H,3-11,13,15-17,19,21-28,31-35,37,39-43,45,47-50H2,1-2H3,(H,64,68)/b14-12-,20-18-,30-29+,38-36+,46-44+. The van der Waals surface area contributed by atoms with E-state index in [9.17, 15) is 45.6 Å². The number of nitrogens with one attached hydrogen (secondary N) is 1. The zero-order valence-corrected chi connectivity index (χ0v) is 48.2. The molecule has 2 aliphatic heterocycles. The number of carbonyl (C=O) groups is 1. The average Bonchev–Trinajstić information content (AvgIpc) is 3.44. The molecule has 77 heavy (non-hydrogen) atoms. The van der Waals surface area contributed by atoms with Crippen LogP contribution in [0, 0.1) is 0 Å². The second kappa shape index (κ2) is 48.4. The van der Waals surface area contributed by atoms with E-state index >= 15 is 0 Å². The molecule has 14 heteroatoms. The Morgan fingerprint density at radius 2 is 0.870 bits per heavy atom. The molecule has 0 aromatic rings. The number of amides is 1. The van der Waals surface area contributed by atoms with E-state index in [2.05, 4.69) is 67.8 Å². The maximum Gasteiger partial charge on any atom is 0.220 e. The average molecular weight is 1090 g/mol. The van der Waals surface area contributed by atoms with Gasteiger partial charge in [-0.3, -0.25) is 4.79 Å². The molecule has 1 amide bonds. The summed E-state index contributed by atoms with van der Waals surface area (Å²) in [5.74, 6) is -0.258. The van der Waals surface area contributed by atoms with Gasteiger partial charge < -0.3 is 65.1 Å². The van der Waals surface area contributed by atoms with E-state index in [0.29, 0.717) is 12.8 Å². The summed E-state index contributed by atoms with van der Waals surface area (Å²) < 4.78 is 22.8. The van der Waals surface area contributed by atoms with Gasteiger partial charge in [0.2, 0.25) is 5.91 Å². The fourth-order valence-electron chi connectivity index (χ4n) is 9.88. The first-order chi connectivity index (χ1) is 37.6. The Morgan fingerprint density at radius 1 is 0.468 bits per heavy atom. The van der Waals surface area contributed by atoms with Crippen molar-refractivity contribution in [2.24, 2.45) is 0 Å². The van der Waals surface area contributed by atoms with Crippen molar-refractivity contribution >= 4 is 5.91 Å². The van der Waals surface area contributed by atoms with Crippen LogP contribution in [0.4, 0.5) is 0 Å². The first kappa shape index (κ1) is 70.8. The second-order valence-electron chi connectivity index (χ2n) is 21.8. The summed E-state index contributed by atoms with van der Waals surface area (Å²) >= 11 is 0. The zero-order chi connectivity index (χ0) is 56.0. The van der Waals surface area contributed by atoms with E-state index in [0.717, 1.165) is 57.8 Å². The van der Waals surface area contributed by atoms with Gasteiger partial charge in [-0.05, 0) is 77.0 Å². The number of aliphatic hydroxyl groups is 8. The molecule has 9 N–H and O–H groups in total. The Balaban J connectivity index is 1.78. The first-order valence-electron chi connectivity index (χ1n) is 31.0. The molecular formula is C63H113NO13. The summed E-state index contributed by atoms with van der Waals surface area (Å²) in [6.45, 7) is 2.76. The molecule has 2 heterocycles. The topological polar surface area (TPSA) is 228 Å². The van der Waals surface area contributed by atoms with Gasteiger partial charge in [0.25, 0.3) is 0 Å². The molecule has 0 bridgehead atoms. The van der Waals surface area contributed by atoms with Gasteiger partial charge in [-0.1, -0.05) is 216 Å². The first-order valence-corrected chi connectivity index (χ1v) is 31.0. The Morgan fingerprint density at radius 3 is 1.38 bits per heavy atom. The van der Waals surface area contributed by atoms with E-state index in [1.54, 1.807) is 6.08 Å². The number of unbranched alkanes of at least 4 members (excludes halogenated alkanes) is 28. The predicted molar refractivity (Wildman–Crippen MR) is 309 cm³/mol. The van der Waals surface area contributed by atoms with Crippen LogP contribution in [-0.4, -0.2) is 140 Å². The minimum atomic E-state index is -1.79. The fraction of sp³-hybridized carbons (Fsp3) is 0.825. The summed E-state index contributed by atoms with van der Waals surface area (Å²) in [4.78, 5) is 13.3. The molecule has 2 saturated heterocycles. The third kappa shape index (κ3) is 33.9. The van der Waals surface area contributed by atoms with Gasteiger partial charge >= 0.3 is 0 Å². The third-order valence-corrected chi connectivity index (χ3v) is 14.9. The van der Waals surface area contributed by atoms with Crippen molar-refractivity contribution < 1.29 is 64.6 Å². The van der Waals surface area contributed by atoms with Crippen LogP contribution in [0.2, 0.25) is 0 Å². The number of rotatable bonds is 49. The monoisotopic (exact) mass is 1090 g/mol. The van der Waals surface area contributed by atoms with Crippen LogP contribution >= 0.6 is 0 Å². The summed E-state index contributed by atoms with van der Waals surface area (Å²) in [5, 5.41) is 87.1. The number of carbonyl (C=O) groups excluding carboxylic acids is 1. The lowest BCUT2D eigenvalue weighted by atomic mass is 9.97. The van der Waals surface area contributed by atoms with Crippen LogP contribution < -0.4 is 5.32 Å². The normalized spacial score (nSPS) is 25.1. The maximum absolute atomic E-state index is 13.3. The highest BCUT2D eigenvalue weighted by Crippen LogP contribution is 2.30. The molecule has 0 spiro atoms. The number of aliphatic hydroxyl groups excluding tert-OH is 8. The molecule has 448 valence electrons. The molecular weight excluding hydrogens is 979 g/mol. The quantitative estimate of drug-likeness (QED) is 0.0204. The largest absolute Gasteiger partial charge is 0.394 e. The predicted octanol–water partition coefficient (Wildman–Crippen LogP) is 10.9.